The molecule has 1 amide bonds. The smallest absolute Gasteiger partial charge is 0.274 e. The number of amides is 1. The molecule has 3 rings (SSSR count). The van der Waals surface area contributed by atoms with Crippen LogP contribution in [0.1, 0.15) is 27.4 Å². The summed E-state index contributed by atoms with van der Waals surface area (Å²) in [5.41, 5.74) is 4.00. The third-order valence-electron chi connectivity index (χ3n) is 3.92. The standard InChI is InChI=1S/C17H18ClN5O/c1-11-16(20-17(24)15-8-9-19-22(15)3)12(2)23(21-11)10-13-4-6-14(18)7-5-13/h4-9H,10H2,1-3H3,(H,20,24). The van der Waals surface area contributed by atoms with Crippen LogP contribution in [0.5, 0.6) is 0 Å². The Balaban J connectivity index is 1.82. The Kier molecular flexibility index (Phi) is 4.40. The molecule has 0 bridgehead atoms. The number of nitrogens with zero attached hydrogens (tertiary/aromatic N) is 4. The molecule has 7 heteroatoms. The second-order valence-corrected chi connectivity index (χ2v) is 6.06. The number of carbonyl (C=O) groups excluding carboxylic acids is 1. The molecule has 0 saturated heterocycles. The molecule has 2 aromatic heterocycles. The monoisotopic (exact) mass is 343 g/mol. The summed E-state index contributed by atoms with van der Waals surface area (Å²) in [6, 6.07) is 9.32. The number of hydrogen-bond donors (Lipinski definition) is 1. The van der Waals surface area contributed by atoms with Gasteiger partial charge in [0.2, 0.25) is 0 Å². The largest absolute Gasteiger partial charge is 0.317 e. The predicted octanol–water partition coefficient (Wildman–Crippen LogP) is 3.19. The van der Waals surface area contributed by atoms with Gasteiger partial charge in [0.1, 0.15) is 5.69 Å². The summed E-state index contributed by atoms with van der Waals surface area (Å²) in [6.07, 6.45) is 1.60. The highest BCUT2D eigenvalue weighted by atomic mass is 35.5. The van der Waals surface area contributed by atoms with Crippen LogP contribution in [0.3, 0.4) is 0 Å². The van der Waals surface area contributed by atoms with Gasteiger partial charge in [-0.05, 0) is 37.6 Å². The summed E-state index contributed by atoms with van der Waals surface area (Å²) in [5.74, 6) is -0.202. The van der Waals surface area contributed by atoms with Crippen LogP contribution >= 0.6 is 11.6 Å². The van der Waals surface area contributed by atoms with Crippen molar-refractivity contribution in [3.05, 3.63) is 64.2 Å². The zero-order valence-electron chi connectivity index (χ0n) is 13.7. The molecule has 0 unspecified atom stereocenters. The number of hydrogen-bond acceptors (Lipinski definition) is 3. The van der Waals surface area contributed by atoms with Gasteiger partial charge in [0.05, 0.1) is 23.6 Å². The number of benzene rings is 1. The number of carbonyl (C=O) groups is 1. The molecule has 24 heavy (non-hydrogen) atoms. The van der Waals surface area contributed by atoms with Crippen LogP contribution < -0.4 is 5.32 Å². The molecule has 1 N–H and O–H groups in total. The minimum atomic E-state index is -0.202. The second-order valence-electron chi connectivity index (χ2n) is 5.62. The summed E-state index contributed by atoms with van der Waals surface area (Å²) in [4.78, 5) is 12.4. The highest BCUT2D eigenvalue weighted by Gasteiger charge is 2.17. The first-order valence-corrected chi connectivity index (χ1v) is 7.91. The normalized spacial score (nSPS) is 10.8. The summed E-state index contributed by atoms with van der Waals surface area (Å²) in [5, 5.41) is 12.2. The molecule has 124 valence electrons. The number of anilines is 1. The van der Waals surface area contributed by atoms with E-state index in [1.807, 2.05) is 42.8 Å². The fourth-order valence-corrected chi connectivity index (χ4v) is 2.69. The van der Waals surface area contributed by atoms with Gasteiger partial charge in [0, 0.05) is 18.3 Å². The van der Waals surface area contributed by atoms with Crippen molar-refractivity contribution in [2.75, 3.05) is 5.32 Å². The van der Waals surface area contributed by atoms with Gasteiger partial charge in [0.15, 0.2) is 0 Å². The molecular weight excluding hydrogens is 326 g/mol. The van der Waals surface area contributed by atoms with Crippen LogP contribution in [0.2, 0.25) is 5.02 Å². The summed E-state index contributed by atoms with van der Waals surface area (Å²) in [6.45, 7) is 4.43. The molecule has 0 saturated carbocycles. The first-order valence-electron chi connectivity index (χ1n) is 7.53. The zero-order chi connectivity index (χ0) is 17.3. The number of nitrogens with one attached hydrogen (secondary N) is 1. The van der Waals surface area contributed by atoms with Crippen LogP contribution in [-0.4, -0.2) is 25.5 Å². The molecular formula is C17H18ClN5O. The molecule has 0 aliphatic rings. The molecule has 0 spiro atoms. The van der Waals surface area contributed by atoms with Gasteiger partial charge in [-0.1, -0.05) is 23.7 Å². The lowest BCUT2D eigenvalue weighted by molar-refractivity contribution is 0.101. The van der Waals surface area contributed by atoms with E-state index in [1.54, 1.807) is 19.3 Å². The molecule has 0 radical (unpaired) electrons. The minimum Gasteiger partial charge on any atom is -0.317 e. The topological polar surface area (TPSA) is 64.7 Å². The molecule has 0 aliphatic carbocycles. The van der Waals surface area contributed by atoms with Gasteiger partial charge in [0.25, 0.3) is 5.91 Å². The van der Waals surface area contributed by atoms with E-state index in [1.165, 1.54) is 4.68 Å². The fourth-order valence-electron chi connectivity index (χ4n) is 2.57. The van der Waals surface area contributed by atoms with Crippen molar-refractivity contribution in [1.29, 1.82) is 0 Å². The third kappa shape index (κ3) is 3.19. The number of aryl methyl sites for hydroxylation is 2. The van der Waals surface area contributed by atoms with Gasteiger partial charge < -0.3 is 5.32 Å². The van der Waals surface area contributed by atoms with Crippen LogP contribution in [0.4, 0.5) is 5.69 Å². The molecule has 2 heterocycles. The average molecular weight is 344 g/mol. The molecule has 3 aromatic rings. The van der Waals surface area contributed by atoms with Crippen LogP contribution in [0, 0.1) is 13.8 Å². The maximum Gasteiger partial charge on any atom is 0.274 e. The Morgan fingerprint density at radius 2 is 1.92 bits per heavy atom. The highest BCUT2D eigenvalue weighted by molar-refractivity contribution is 6.30. The Bertz CT molecular complexity index is 879. The summed E-state index contributed by atoms with van der Waals surface area (Å²) >= 11 is 5.92. The van der Waals surface area contributed by atoms with Crippen molar-refractivity contribution in [1.82, 2.24) is 19.6 Å². The van der Waals surface area contributed by atoms with Gasteiger partial charge >= 0.3 is 0 Å². The maximum absolute atomic E-state index is 12.4. The van der Waals surface area contributed by atoms with Crippen molar-refractivity contribution in [3.8, 4) is 0 Å². The average Bonchev–Trinajstić information content (AvgIpc) is 3.08. The van der Waals surface area contributed by atoms with E-state index in [-0.39, 0.29) is 5.91 Å². The number of rotatable bonds is 4. The lowest BCUT2D eigenvalue weighted by atomic mass is 10.2. The molecule has 6 nitrogen and oxygen atoms in total. The molecule has 0 atom stereocenters. The lowest BCUT2D eigenvalue weighted by Gasteiger charge is -2.07. The van der Waals surface area contributed by atoms with E-state index >= 15 is 0 Å². The van der Waals surface area contributed by atoms with E-state index < -0.39 is 0 Å². The van der Waals surface area contributed by atoms with Crippen molar-refractivity contribution < 1.29 is 4.79 Å². The predicted molar refractivity (Wildman–Crippen MR) is 93.4 cm³/mol. The Morgan fingerprint density at radius 3 is 2.54 bits per heavy atom. The SMILES string of the molecule is Cc1nn(Cc2ccc(Cl)cc2)c(C)c1NC(=O)c1ccnn1C. The van der Waals surface area contributed by atoms with Crippen LogP contribution in [0.15, 0.2) is 36.5 Å². The van der Waals surface area contributed by atoms with Crippen molar-refractivity contribution in [2.45, 2.75) is 20.4 Å². The van der Waals surface area contributed by atoms with E-state index in [2.05, 4.69) is 15.5 Å². The van der Waals surface area contributed by atoms with Crippen LogP contribution in [-0.2, 0) is 13.6 Å². The Hall–Kier alpha value is -2.60. The summed E-state index contributed by atoms with van der Waals surface area (Å²) < 4.78 is 3.41. The minimum absolute atomic E-state index is 0.202. The Labute approximate surface area is 145 Å². The van der Waals surface area contributed by atoms with Gasteiger partial charge in [-0.25, -0.2) is 0 Å². The third-order valence-corrected chi connectivity index (χ3v) is 4.17. The zero-order valence-corrected chi connectivity index (χ0v) is 14.5. The van der Waals surface area contributed by atoms with E-state index in [0.29, 0.717) is 17.3 Å². The molecule has 0 fully saturated rings. The van der Waals surface area contributed by atoms with Crippen molar-refractivity contribution >= 4 is 23.2 Å². The fraction of sp³-hybridized carbons (Fsp3) is 0.235. The first kappa shape index (κ1) is 16.3. The lowest BCUT2D eigenvalue weighted by Crippen LogP contribution is -2.17. The van der Waals surface area contributed by atoms with E-state index in [9.17, 15) is 4.79 Å². The van der Waals surface area contributed by atoms with Gasteiger partial charge in [-0.2, -0.15) is 10.2 Å². The second kappa shape index (κ2) is 6.49. The van der Waals surface area contributed by atoms with Crippen molar-refractivity contribution in [3.63, 3.8) is 0 Å². The summed E-state index contributed by atoms with van der Waals surface area (Å²) in [7, 11) is 1.73. The van der Waals surface area contributed by atoms with Gasteiger partial charge in [-0.3, -0.25) is 14.2 Å². The van der Waals surface area contributed by atoms with E-state index in [4.69, 9.17) is 11.6 Å². The highest BCUT2D eigenvalue weighted by Crippen LogP contribution is 2.21. The quantitative estimate of drug-likeness (QED) is 0.791. The maximum atomic E-state index is 12.4. The Morgan fingerprint density at radius 1 is 1.21 bits per heavy atom. The number of aromatic nitrogens is 4. The van der Waals surface area contributed by atoms with Gasteiger partial charge in [-0.15, -0.1) is 0 Å². The molecule has 0 aliphatic heterocycles. The number of halogens is 1. The van der Waals surface area contributed by atoms with Crippen LogP contribution in [0.25, 0.3) is 0 Å². The van der Waals surface area contributed by atoms with Crippen molar-refractivity contribution in [2.24, 2.45) is 7.05 Å². The first-order chi connectivity index (χ1) is 11.5. The molecule has 1 aromatic carbocycles. The van der Waals surface area contributed by atoms with E-state index in [0.717, 1.165) is 22.6 Å².